The lowest BCUT2D eigenvalue weighted by Gasteiger charge is -2.30. The van der Waals surface area contributed by atoms with Crippen LogP contribution in [0.2, 0.25) is 0 Å². The van der Waals surface area contributed by atoms with Gasteiger partial charge >= 0.3 is 5.97 Å². The Morgan fingerprint density at radius 2 is 1.40 bits per heavy atom. The molecule has 2 aliphatic carbocycles. The molecule has 2 N–H and O–H groups in total. The van der Waals surface area contributed by atoms with Gasteiger partial charge in [-0.05, 0) is 38.0 Å². The summed E-state index contributed by atoms with van der Waals surface area (Å²) in [4.78, 5) is 21.2. The van der Waals surface area contributed by atoms with Gasteiger partial charge in [0.25, 0.3) is 0 Å². The Hall–Kier alpha value is -0.550. The van der Waals surface area contributed by atoms with Gasteiger partial charge in [-0.15, -0.1) is 0 Å². The van der Waals surface area contributed by atoms with Crippen LogP contribution in [-0.4, -0.2) is 33.5 Å². The molecule has 25 heavy (non-hydrogen) atoms. The molecule has 0 bridgehead atoms. The van der Waals surface area contributed by atoms with Gasteiger partial charge in [0.15, 0.2) is 5.12 Å². The van der Waals surface area contributed by atoms with E-state index in [1.165, 1.54) is 71.1 Å². The van der Waals surface area contributed by atoms with E-state index in [1.807, 2.05) is 13.8 Å². The molecule has 2 aliphatic rings. The monoisotopic (exact) mass is 371 g/mol. The second-order valence-corrected chi connectivity index (χ2v) is 9.28. The highest BCUT2D eigenvalue weighted by Gasteiger charge is 2.21. The van der Waals surface area contributed by atoms with Gasteiger partial charge in [0.1, 0.15) is 5.25 Å². The normalized spacial score (nSPS) is 20.6. The Bertz CT molecular complexity index is 372. The summed E-state index contributed by atoms with van der Waals surface area (Å²) in [6.07, 6.45) is 15.1. The van der Waals surface area contributed by atoms with Gasteiger partial charge in [0, 0.05) is 19.0 Å². The van der Waals surface area contributed by atoms with Crippen molar-refractivity contribution in [1.82, 2.24) is 5.32 Å². The van der Waals surface area contributed by atoms with E-state index in [-0.39, 0.29) is 5.12 Å². The molecule has 146 valence electrons. The van der Waals surface area contributed by atoms with Crippen molar-refractivity contribution in [3.8, 4) is 0 Å². The van der Waals surface area contributed by atoms with Crippen LogP contribution >= 0.6 is 11.8 Å². The summed E-state index contributed by atoms with van der Waals surface area (Å²) in [7, 11) is 0. The molecule has 1 atom stereocenters. The molecule has 0 aromatic heterocycles. The zero-order valence-electron chi connectivity index (χ0n) is 16.3. The number of thioether (sulfide) groups is 1. The second kappa shape index (κ2) is 12.7. The number of aliphatic carboxylic acids is 1. The van der Waals surface area contributed by atoms with E-state index in [4.69, 9.17) is 5.11 Å². The largest absolute Gasteiger partial charge is 0.480 e. The minimum atomic E-state index is -0.899. The van der Waals surface area contributed by atoms with E-state index in [9.17, 15) is 9.59 Å². The first-order valence-electron chi connectivity index (χ1n) is 10.0. The van der Waals surface area contributed by atoms with Crippen LogP contribution < -0.4 is 5.32 Å². The molecule has 0 radical (unpaired) electrons. The SMILES string of the molecule is C1CCC(NC2CCCCC2)CC1.CC(=O)SC(CC(C)C)C(=O)O. The van der Waals surface area contributed by atoms with Gasteiger partial charge in [0.2, 0.25) is 0 Å². The standard InChI is InChI=1S/C12H23N.C8H14O3S/c1-3-7-11(8-4-1)13-12-9-5-2-6-10-12;1-5(2)4-7(8(10)11)12-6(3)9/h11-13H,1-10H2;5,7H,4H2,1-3H3,(H,10,11). The summed E-state index contributed by atoms with van der Waals surface area (Å²) in [5, 5.41) is 11.8. The van der Waals surface area contributed by atoms with E-state index in [2.05, 4.69) is 5.32 Å². The fourth-order valence-electron chi connectivity index (χ4n) is 3.70. The highest BCUT2D eigenvalue weighted by molar-refractivity contribution is 8.14. The predicted molar refractivity (Wildman–Crippen MR) is 106 cm³/mol. The topological polar surface area (TPSA) is 66.4 Å². The van der Waals surface area contributed by atoms with Crippen LogP contribution in [0, 0.1) is 5.92 Å². The summed E-state index contributed by atoms with van der Waals surface area (Å²) in [5.41, 5.74) is 0. The van der Waals surface area contributed by atoms with Crippen LogP contribution in [0.3, 0.4) is 0 Å². The van der Waals surface area contributed by atoms with Gasteiger partial charge in [-0.2, -0.15) is 0 Å². The number of rotatable bonds is 6. The fraction of sp³-hybridized carbons (Fsp3) is 0.900. The highest BCUT2D eigenvalue weighted by atomic mass is 32.2. The molecule has 5 heteroatoms. The smallest absolute Gasteiger partial charge is 0.317 e. The van der Waals surface area contributed by atoms with Crippen LogP contribution in [0.4, 0.5) is 0 Å². The van der Waals surface area contributed by atoms with Gasteiger partial charge in [-0.1, -0.05) is 64.1 Å². The molecule has 2 fully saturated rings. The Labute approximate surface area is 157 Å². The van der Waals surface area contributed by atoms with Crippen molar-refractivity contribution in [2.24, 2.45) is 5.92 Å². The number of carboxylic acids is 1. The number of hydrogen-bond donors (Lipinski definition) is 2. The molecule has 2 rings (SSSR count). The summed E-state index contributed by atoms with van der Waals surface area (Å²) in [5.74, 6) is -0.596. The van der Waals surface area contributed by atoms with Gasteiger partial charge in [-0.25, -0.2) is 0 Å². The molecule has 1 unspecified atom stereocenters. The van der Waals surface area contributed by atoms with Crippen LogP contribution in [0.15, 0.2) is 0 Å². The lowest BCUT2D eigenvalue weighted by molar-refractivity contribution is -0.136. The number of hydrogen-bond acceptors (Lipinski definition) is 4. The molecular formula is C20H37NO3S. The molecule has 0 aromatic carbocycles. The third-order valence-electron chi connectivity index (χ3n) is 4.95. The molecule has 0 spiro atoms. The first kappa shape index (κ1) is 22.5. The second-order valence-electron chi connectivity index (χ2n) is 7.90. The third kappa shape index (κ3) is 10.9. The van der Waals surface area contributed by atoms with Crippen molar-refractivity contribution in [2.75, 3.05) is 0 Å². The number of carboxylic acid groups (broad SMARTS) is 1. The number of nitrogens with one attached hydrogen (secondary N) is 1. The summed E-state index contributed by atoms with van der Waals surface area (Å²) in [6.45, 7) is 5.27. The molecule has 0 aliphatic heterocycles. The van der Waals surface area contributed by atoms with Crippen LogP contribution in [0.25, 0.3) is 0 Å². The van der Waals surface area contributed by atoms with Gasteiger partial charge in [0.05, 0.1) is 0 Å². The molecular weight excluding hydrogens is 334 g/mol. The van der Waals surface area contributed by atoms with Crippen molar-refractivity contribution < 1.29 is 14.7 Å². The van der Waals surface area contributed by atoms with Crippen molar-refractivity contribution >= 4 is 22.8 Å². The molecule has 0 amide bonds. The van der Waals surface area contributed by atoms with E-state index in [1.54, 1.807) is 0 Å². The van der Waals surface area contributed by atoms with E-state index >= 15 is 0 Å². The average Bonchev–Trinajstić information content (AvgIpc) is 2.56. The van der Waals surface area contributed by atoms with Gasteiger partial charge in [-0.3, -0.25) is 9.59 Å². The summed E-state index contributed by atoms with van der Waals surface area (Å²) < 4.78 is 0. The quantitative estimate of drug-likeness (QED) is 0.687. The predicted octanol–water partition coefficient (Wildman–Crippen LogP) is 5.01. The van der Waals surface area contributed by atoms with Crippen molar-refractivity contribution in [3.05, 3.63) is 0 Å². The Morgan fingerprint density at radius 1 is 0.960 bits per heavy atom. The Morgan fingerprint density at radius 3 is 1.72 bits per heavy atom. The van der Waals surface area contributed by atoms with Crippen LogP contribution in [-0.2, 0) is 9.59 Å². The molecule has 0 saturated heterocycles. The zero-order chi connectivity index (χ0) is 18.7. The number of carbonyl (C=O) groups is 2. The van der Waals surface area contributed by atoms with Gasteiger partial charge < -0.3 is 10.4 Å². The lowest BCUT2D eigenvalue weighted by Crippen LogP contribution is -2.40. The van der Waals surface area contributed by atoms with E-state index in [0.29, 0.717) is 12.3 Å². The van der Waals surface area contributed by atoms with Crippen molar-refractivity contribution in [3.63, 3.8) is 0 Å². The summed E-state index contributed by atoms with van der Waals surface area (Å²) >= 11 is 0.898. The fourth-order valence-corrected chi connectivity index (χ4v) is 4.68. The maximum atomic E-state index is 10.6. The minimum Gasteiger partial charge on any atom is -0.480 e. The Balaban J connectivity index is 0.000000252. The van der Waals surface area contributed by atoms with E-state index in [0.717, 1.165) is 23.8 Å². The van der Waals surface area contributed by atoms with Crippen LogP contribution in [0.5, 0.6) is 0 Å². The van der Waals surface area contributed by atoms with Crippen molar-refractivity contribution in [1.29, 1.82) is 0 Å². The average molecular weight is 372 g/mol. The summed E-state index contributed by atoms with van der Waals surface area (Å²) in [6, 6.07) is 1.74. The lowest BCUT2D eigenvalue weighted by atomic mass is 9.91. The first-order chi connectivity index (χ1) is 11.9. The third-order valence-corrected chi connectivity index (χ3v) is 5.96. The van der Waals surface area contributed by atoms with Crippen molar-refractivity contribution in [2.45, 2.75) is 109 Å². The van der Waals surface area contributed by atoms with E-state index < -0.39 is 11.2 Å². The molecule has 0 heterocycles. The maximum Gasteiger partial charge on any atom is 0.317 e. The number of carbonyl (C=O) groups excluding carboxylic acids is 1. The zero-order valence-corrected chi connectivity index (χ0v) is 17.1. The Kier molecular flexibility index (Phi) is 11.5. The highest BCUT2D eigenvalue weighted by Crippen LogP contribution is 2.22. The molecule has 2 saturated carbocycles. The first-order valence-corrected chi connectivity index (χ1v) is 10.9. The molecule has 4 nitrogen and oxygen atoms in total. The van der Waals surface area contributed by atoms with Crippen LogP contribution in [0.1, 0.15) is 91.4 Å². The minimum absolute atomic E-state index is 0.136. The maximum absolute atomic E-state index is 10.6. The molecule has 0 aromatic rings.